The van der Waals surface area contributed by atoms with Crippen molar-refractivity contribution in [1.82, 2.24) is 15.1 Å². The summed E-state index contributed by atoms with van der Waals surface area (Å²) in [5.41, 5.74) is 1.48. The topological polar surface area (TPSA) is 54.0 Å². The largest absolute Gasteiger partial charge is 0.493 e. The van der Waals surface area contributed by atoms with Crippen LogP contribution in [0, 0.1) is 0 Å². The molecule has 0 radical (unpaired) electrons. The molecule has 0 bridgehead atoms. The van der Waals surface area contributed by atoms with Crippen LogP contribution in [-0.4, -0.2) is 75.7 Å². The minimum absolute atomic E-state index is 0.0875. The van der Waals surface area contributed by atoms with Crippen LogP contribution in [-0.2, 0) is 6.42 Å². The maximum atomic E-state index is 12.7. The van der Waals surface area contributed by atoms with Crippen molar-refractivity contribution in [3.63, 3.8) is 0 Å². The van der Waals surface area contributed by atoms with Gasteiger partial charge in [-0.1, -0.05) is 12.2 Å². The zero-order valence-corrected chi connectivity index (χ0v) is 19.3. The lowest BCUT2D eigenvalue weighted by molar-refractivity contribution is 0.0951. The van der Waals surface area contributed by atoms with E-state index in [0.29, 0.717) is 30.0 Å². The SMILES string of the molecule is C=CCCCN1CCCN(CCCNC(=O)c2cc(CC=C)c(OC)c(OC)c2)CC1. The highest BCUT2D eigenvalue weighted by molar-refractivity contribution is 5.95. The third kappa shape index (κ3) is 8.04. The van der Waals surface area contributed by atoms with Crippen LogP contribution in [0.15, 0.2) is 37.4 Å². The second-order valence-electron chi connectivity index (χ2n) is 7.94. The normalized spacial score (nSPS) is 15.2. The Hall–Kier alpha value is -2.31. The molecule has 0 aromatic heterocycles. The first kappa shape index (κ1) is 25.0. The lowest BCUT2D eigenvalue weighted by Crippen LogP contribution is -2.33. The van der Waals surface area contributed by atoms with Crippen LogP contribution in [0.5, 0.6) is 11.5 Å². The average molecular weight is 430 g/mol. The molecule has 0 saturated carbocycles. The first-order valence-corrected chi connectivity index (χ1v) is 11.3. The molecule has 0 aliphatic carbocycles. The quantitative estimate of drug-likeness (QED) is 0.384. The number of methoxy groups -OCH3 is 2. The lowest BCUT2D eigenvalue weighted by Gasteiger charge is -2.21. The molecule has 1 aliphatic heterocycles. The standard InChI is InChI=1S/C25H39N3O3/c1-5-7-8-13-27-15-10-16-28(18-17-27)14-9-12-26-25(29)22-19-21(11-6-2)24(31-4)23(20-22)30-3/h5-6,19-20H,1-2,7-18H2,3-4H3,(H,26,29). The summed E-state index contributed by atoms with van der Waals surface area (Å²) in [6, 6.07) is 3.59. The first-order chi connectivity index (χ1) is 15.1. The van der Waals surface area contributed by atoms with E-state index in [-0.39, 0.29) is 5.91 Å². The summed E-state index contributed by atoms with van der Waals surface area (Å²) in [5.74, 6) is 1.13. The van der Waals surface area contributed by atoms with E-state index < -0.39 is 0 Å². The van der Waals surface area contributed by atoms with Gasteiger partial charge in [-0.25, -0.2) is 0 Å². The Morgan fingerprint density at radius 3 is 2.35 bits per heavy atom. The van der Waals surface area contributed by atoms with Crippen molar-refractivity contribution in [2.75, 3.05) is 60.0 Å². The van der Waals surface area contributed by atoms with Gasteiger partial charge < -0.3 is 24.6 Å². The number of benzene rings is 1. The van der Waals surface area contributed by atoms with Gasteiger partial charge in [-0.15, -0.1) is 13.2 Å². The van der Waals surface area contributed by atoms with Crippen LogP contribution >= 0.6 is 0 Å². The second kappa shape index (κ2) is 13.9. The molecule has 172 valence electrons. The highest BCUT2D eigenvalue weighted by Crippen LogP contribution is 2.33. The van der Waals surface area contributed by atoms with Crippen molar-refractivity contribution in [3.8, 4) is 11.5 Å². The van der Waals surface area contributed by atoms with Crippen LogP contribution in [0.2, 0.25) is 0 Å². The third-order valence-corrected chi connectivity index (χ3v) is 5.68. The number of rotatable bonds is 13. The molecule has 1 aromatic rings. The highest BCUT2D eigenvalue weighted by atomic mass is 16.5. The van der Waals surface area contributed by atoms with E-state index >= 15 is 0 Å². The van der Waals surface area contributed by atoms with Crippen LogP contribution in [0.25, 0.3) is 0 Å². The minimum Gasteiger partial charge on any atom is -0.493 e. The summed E-state index contributed by atoms with van der Waals surface area (Å²) < 4.78 is 10.9. The predicted octanol–water partition coefficient (Wildman–Crippen LogP) is 3.53. The summed E-state index contributed by atoms with van der Waals surface area (Å²) in [7, 11) is 3.19. The number of nitrogens with one attached hydrogen (secondary N) is 1. The smallest absolute Gasteiger partial charge is 0.251 e. The lowest BCUT2D eigenvalue weighted by atomic mass is 10.0. The van der Waals surface area contributed by atoms with Gasteiger partial charge in [0.15, 0.2) is 11.5 Å². The molecule has 1 saturated heterocycles. The number of hydrogen-bond donors (Lipinski definition) is 1. The Kier molecular flexibility index (Phi) is 11.2. The fourth-order valence-electron chi connectivity index (χ4n) is 4.02. The zero-order chi connectivity index (χ0) is 22.5. The number of amides is 1. The van der Waals surface area contributed by atoms with Gasteiger partial charge in [0.05, 0.1) is 14.2 Å². The van der Waals surface area contributed by atoms with E-state index in [9.17, 15) is 4.79 Å². The molecule has 1 fully saturated rings. The van der Waals surface area contributed by atoms with Crippen LogP contribution in [0.3, 0.4) is 0 Å². The molecule has 0 atom stereocenters. The molecule has 1 aliphatic rings. The molecule has 1 N–H and O–H groups in total. The molecule has 0 spiro atoms. The molecule has 6 nitrogen and oxygen atoms in total. The summed E-state index contributed by atoms with van der Waals surface area (Å²) in [4.78, 5) is 17.8. The molecule has 2 rings (SSSR count). The van der Waals surface area contributed by atoms with Gasteiger partial charge in [0.2, 0.25) is 0 Å². The van der Waals surface area contributed by atoms with Crippen LogP contribution < -0.4 is 14.8 Å². The fraction of sp³-hybridized carbons (Fsp3) is 0.560. The van der Waals surface area contributed by atoms with Crippen molar-refractivity contribution in [2.24, 2.45) is 0 Å². The maximum Gasteiger partial charge on any atom is 0.251 e. The van der Waals surface area contributed by atoms with Crippen molar-refractivity contribution >= 4 is 5.91 Å². The number of ether oxygens (including phenoxy) is 2. The fourth-order valence-corrected chi connectivity index (χ4v) is 4.02. The number of carbonyl (C=O) groups is 1. The number of unbranched alkanes of at least 4 members (excludes halogenated alkanes) is 1. The number of carbonyl (C=O) groups excluding carboxylic acids is 1. The molecular weight excluding hydrogens is 390 g/mol. The Morgan fingerprint density at radius 2 is 1.74 bits per heavy atom. The summed E-state index contributed by atoms with van der Waals surface area (Å²) >= 11 is 0. The first-order valence-electron chi connectivity index (χ1n) is 11.3. The van der Waals surface area contributed by atoms with Crippen LogP contribution in [0.1, 0.15) is 41.6 Å². The summed E-state index contributed by atoms with van der Waals surface area (Å²) in [6.07, 6.45) is 8.84. The van der Waals surface area contributed by atoms with E-state index in [2.05, 4.69) is 28.3 Å². The van der Waals surface area contributed by atoms with Gasteiger partial charge in [-0.2, -0.15) is 0 Å². The molecule has 1 amide bonds. The van der Waals surface area contributed by atoms with Gasteiger partial charge >= 0.3 is 0 Å². The van der Waals surface area contributed by atoms with Crippen molar-refractivity contribution < 1.29 is 14.3 Å². The molecule has 1 heterocycles. The molecule has 0 unspecified atom stereocenters. The monoisotopic (exact) mass is 429 g/mol. The van der Waals surface area contributed by atoms with E-state index in [1.54, 1.807) is 26.4 Å². The van der Waals surface area contributed by atoms with Gasteiger partial charge in [0.25, 0.3) is 5.91 Å². The Morgan fingerprint density at radius 1 is 1.03 bits per heavy atom. The molecule has 6 heteroatoms. The predicted molar refractivity (Wildman–Crippen MR) is 127 cm³/mol. The maximum absolute atomic E-state index is 12.7. The number of allylic oxidation sites excluding steroid dienone is 2. The number of nitrogens with zero attached hydrogens (tertiary/aromatic N) is 2. The summed E-state index contributed by atoms with van der Waals surface area (Å²) in [6.45, 7) is 15.0. The molecule has 31 heavy (non-hydrogen) atoms. The van der Waals surface area contributed by atoms with E-state index in [1.165, 1.54) is 19.4 Å². The van der Waals surface area contributed by atoms with E-state index in [1.807, 2.05) is 12.1 Å². The Bertz CT molecular complexity index is 720. The Labute approximate surface area is 187 Å². The van der Waals surface area contributed by atoms with Gasteiger partial charge in [0.1, 0.15) is 0 Å². The highest BCUT2D eigenvalue weighted by Gasteiger charge is 2.16. The molecule has 1 aromatic carbocycles. The van der Waals surface area contributed by atoms with Crippen LogP contribution in [0.4, 0.5) is 0 Å². The second-order valence-corrected chi connectivity index (χ2v) is 7.94. The van der Waals surface area contributed by atoms with Gasteiger partial charge in [-0.3, -0.25) is 4.79 Å². The zero-order valence-electron chi connectivity index (χ0n) is 19.3. The average Bonchev–Trinajstić information content (AvgIpc) is 3.01. The summed E-state index contributed by atoms with van der Waals surface area (Å²) in [5, 5.41) is 3.05. The third-order valence-electron chi connectivity index (χ3n) is 5.68. The van der Waals surface area contributed by atoms with Crippen molar-refractivity contribution in [2.45, 2.75) is 32.1 Å². The number of hydrogen-bond acceptors (Lipinski definition) is 5. The Balaban J connectivity index is 1.79. The van der Waals surface area contributed by atoms with E-state index in [0.717, 1.165) is 51.1 Å². The van der Waals surface area contributed by atoms with E-state index in [4.69, 9.17) is 9.47 Å². The van der Waals surface area contributed by atoms with Crippen molar-refractivity contribution in [1.29, 1.82) is 0 Å². The van der Waals surface area contributed by atoms with Gasteiger partial charge in [0, 0.05) is 30.8 Å². The molecular formula is C25H39N3O3. The van der Waals surface area contributed by atoms with Crippen molar-refractivity contribution in [3.05, 3.63) is 48.6 Å². The minimum atomic E-state index is -0.0875. The van der Waals surface area contributed by atoms with Gasteiger partial charge in [-0.05, 0) is 70.4 Å².